The summed E-state index contributed by atoms with van der Waals surface area (Å²) in [5.74, 6) is 4.00. The number of nitriles is 1. The molecule has 1 aromatic carbocycles. The topological polar surface area (TPSA) is 92.9 Å². The molecule has 0 fully saturated rings. The molecule has 68 valence electrons. The van der Waals surface area contributed by atoms with Crippen LogP contribution in [0.1, 0.15) is 11.1 Å². The van der Waals surface area contributed by atoms with Crippen molar-refractivity contribution in [1.82, 2.24) is 0 Å². The molecule has 0 unspecified atom stereocenters. The van der Waals surface area contributed by atoms with Crippen LogP contribution in [0.15, 0.2) is 18.2 Å². The van der Waals surface area contributed by atoms with Crippen LogP contribution in [0.3, 0.4) is 0 Å². The Balaban J connectivity index is 3.07. The van der Waals surface area contributed by atoms with Crippen molar-refractivity contribution in [2.75, 3.05) is 5.73 Å². The Morgan fingerprint density at radius 3 is 2.64 bits per heavy atom. The molecule has 0 saturated heterocycles. The van der Waals surface area contributed by atoms with Crippen LogP contribution in [0.25, 0.3) is 0 Å². The number of nitrogens with two attached hydrogens (primary N) is 2. The van der Waals surface area contributed by atoms with Crippen molar-refractivity contribution in [1.29, 1.82) is 5.26 Å². The van der Waals surface area contributed by atoms with Crippen LogP contribution in [0.5, 0.6) is 0 Å². The van der Waals surface area contributed by atoms with E-state index >= 15 is 0 Å². The Kier molecular flexibility index (Phi) is 2.73. The van der Waals surface area contributed by atoms with Crippen molar-refractivity contribution >= 4 is 11.6 Å². The van der Waals surface area contributed by atoms with Crippen molar-refractivity contribution < 1.29 is 4.79 Å². The fraction of sp³-hybridized carbons (Fsp3) is 0. The van der Waals surface area contributed by atoms with Gasteiger partial charge < -0.3 is 11.5 Å². The van der Waals surface area contributed by atoms with Gasteiger partial charge >= 0.3 is 0 Å². The first-order valence-electron chi connectivity index (χ1n) is 3.74. The van der Waals surface area contributed by atoms with E-state index in [4.69, 9.17) is 16.7 Å². The second-order valence-corrected chi connectivity index (χ2v) is 2.53. The first-order chi connectivity index (χ1) is 6.63. The summed E-state index contributed by atoms with van der Waals surface area (Å²) in [5.41, 5.74) is 11.6. The van der Waals surface area contributed by atoms with E-state index in [9.17, 15) is 4.79 Å². The van der Waals surface area contributed by atoms with Crippen LogP contribution in [-0.2, 0) is 4.79 Å². The largest absolute Gasteiger partial charge is 0.398 e. The normalized spacial score (nSPS) is 8.21. The van der Waals surface area contributed by atoms with Crippen molar-refractivity contribution in [2.24, 2.45) is 5.73 Å². The lowest BCUT2D eigenvalue weighted by molar-refractivity contribution is -0.112. The lowest BCUT2D eigenvalue weighted by Crippen LogP contribution is -2.06. The zero-order chi connectivity index (χ0) is 10.6. The fourth-order valence-electron chi connectivity index (χ4n) is 0.876. The van der Waals surface area contributed by atoms with Crippen molar-refractivity contribution in [2.45, 2.75) is 0 Å². The zero-order valence-electron chi connectivity index (χ0n) is 7.24. The summed E-state index contributed by atoms with van der Waals surface area (Å²) >= 11 is 0. The number of hydrogen-bond donors (Lipinski definition) is 2. The van der Waals surface area contributed by atoms with Gasteiger partial charge in [0, 0.05) is 5.56 Å². The second-order valence-electron chi connectivity index (χ2n) is 2.53. The third-order valence-corrected chi connectivity index (χ3v) is 1.50. The molecule has 0 radical (unpaired) electrons. The third kappa shape index (κ3) is 2.26. The Labute approximate surface area is 81.1 Å². The molecule has 0 heterocycles. The van der Waals surface area contributed by atoms with Crippen LogP contribution in [0, 0.1) is 23.2 Å². The molecule has 1 aromatic rings. The number of rotatable bonds is 0. The average molecular weight is 185 g/mol. The molecular weight excluding hydrogens is 178 g/mol. The van der Waals surface area contributed by atoms with Crippen molar-refractivity contribution in [3.05, 3.63) is 29.3 Å². The van der Waals surface area contributed by atoms with E-state index in [1.807, 2.05) is 6.07 Å². The van der Waals surface area contributed by atoms with Crippen LogP contribution in [0.4, 0.5) is 5.69 Å². The second kappa shape index (κ2) is 3.97. The summed E-state index contributed by atoms with van der Waals surface area (Å²) in [6, 6.07) is 6.59. The van der Waals surface area contributed by atoms with E-state index in [1.165, 1.54) is 6.07 Å². The number of primary amides is 1. The molecule has 0 aromatic heterocycles. The third-order valence-electron chi connectivity index (χ3n) is 1.50. The highest BCUT2D eigenvalue weighted by molar-refractivity contribution is 5.92. The minimum absolute atomic E-state index is 0.337. The van der Waals surface area contributed by atoms with Crippen LogP contribution in [0.2, 0.25) is 0 Å². The smallest absolute Gasteiger partial charge is 0.293 e. The van der Waals surface area contributed by atoms with Crippen LogP contribution >= 0.6 is 0 Å². The number of carbonyl (C=O) groups excluding carboxylic acids is 1. The summed E-state index contributed by atoms with van der Waals surface area (Å²) < 4.78 is 0. The number of anilines is 1. The molecule has 0 aliphatic carbocycles. The number of carbonyl (C=O) groups is 1. The van der Waals surface area contributed by atoms with E-state index in [1.54, 1.807) is 12.1 Å². The minimum atomic E-state index is -0.701. The fourth-order valence-corrected chi connectivity index (χ4v) is 0.876. The maximum absolute atomic E-state index is 10.3. The van der Waals surface area contributed by atoms with Gasteiger partial charge in [-0.2, -0.15) is 5.26 Å². The standard InChI is InChI=1S/C10H7N3O/c11-6-8-3-1-7(5-9(8)12)2-4-10(13)14/h1,3,5H,12H2,(H2,13,14). The van der Waals surface area contributed by atoms with Gasteiger partial charge in [0.05, 0.1) is 11.3 Å². The molecule has 0 saturated carbocycles. The SMILES string of the molecule is N#Cc1ccc(C#CC(N)=O)cc1N. The average Bonchev–Trinajstić information content (AvgIpc) is 2.15. The maximum Gasteiger partial charge on any atom is 0.293 e. The van der Waals surface area contributed by atoms with E-state index in [0.29, 0.717) is 16.8 Å². The summed E-state index contributed by atoms with van der Waals surface area (Å²) in [7, 11) is 0. The molecule has 14 heavy (non-hydrogen) atoms. The summed E-state index contributed by atoms with van der Waals surface area (Å²) in [5, 5.41) is 8.59. The number of amides is 1. The maximum atomic E-state index is 10.3. The summed E-state index contributed by atoms with van der Waals surface area (Å²) in [6.07, 6.45) is 0. The number of nitrogens with zero attached hydrogens (tertiary/aromatic N) is 1. The molecule has 0 aliphatic heterocycles. The number of benzene rings is 1. The van der Waals surface area contributed by atoms with Gasteiger partial charge in [0.1, 0.15) is 6.07 Å². The van der Waals surface area contributed by atoms with Gasteiger partial charge in [-0.25, -0.2) is 0 Å². The summed E-state index contributed by atoms with van der Waals surface area (Å²) in [6.45, 7) is 0. The van der Waals surface area contributed by atoms with Crippen LogP contribution in [-0.4, -0.2) is 5.91 Å². The van der Waals surface area contributed by atoms with Gasteiger partial charge in [-0.1, -0.05) is 5.92 Å². The monoisotopic (exact) mass is 185 g/mol. The molecule has 0 spiro atoms. The highest BCUT2D eigenvalue weighted by Crippen LogP contribution is 2.11. The Morgan fingerprint density at radius 1 is 1.43 bits per heavy atom. The number of nitrogen functional groups attached to an aromatic ring is 1. The molecule has 4 nitrogen and oxygen atoms in total. The molecule has 0 aliphatic rings. The van der Waals surface area contributed by atoms with E-state index in [2.05, 4.69) is 11.8 Å². The molecular formula is C10H7N3O. The first-order valence-corrected chi connectivity index (χ1v) is 3.74. The van der Waals surface area contributed by atoms with Gasteiger partial charge in [-0.3, -0.25) is 4.79 Å². The summed E-state index contributed by atoms with van der Waals surface area (Å²) in [4.78, 5) is 10.3. The van der Waals surface area contributed by atoms with Crippen molar-refractivity contribution in [3.8, 4) is 17.9 Å². The lowest BCUT2D eigenvalue weighted by atomic mass is 10.1. The van der Waals surface area contributed by atoms with E-state index < -0.39 is 5.91 Å². The van der Waals surface area contributed by atoms with Gasteiger partial charge in [-0.05, 0) is 24.1 Å². The molecule has 4 heteroatoms. The molecule has 0 bridgehead atoms. The Morgan fingerprint density at radius 2 is 2.14 bits per heavy atom. The van der Waals surface area contributed by atoms with Gasteiger partial charge in [0.25, 0.3) is 5.91 Å². The molecule has 0 atom stereocenters. The highest BCUT2D eigenvalue weighted by atomic mass is 16.1. The highest BCUT2D eigenvalue weighted by Gasteiger charge is 1.97. The van der Waals surface area contributed by atoms with Gasteiger partial charge in [0.2, 0.25) is 0 Å². The minimum Gasteiger partial charge on any atom is -0.398 e. The zero-order valence-corrected chi connectivity index (χ0v) is 7.24. The predicted octanol–water partition coefficient (Wildman–Crippen LogP) is -0.0227. The molecule has 1 amide bonds. The lowest BCUT2D eigenvalue weighted by Gasteiger charge is -1.96. The predicted molar refractivity (Wildman–Crippen MR) is 51.6 cm³/mol. The number of hydrogen-bond acceptors (Lipinski definition) is 3. The van der Waals surface area contributed by atoms with E-state index in [0.717, 1.165) is 0 Å². The Bertz CT molecular complexity index is 474. The van der Waals surface area contributed by atoms with Gasteiger partial charge in [-0.15, -0.1) is 0 Å². The molecule has 4 N–H and O–H groups in total. The van der Waals surface area contributed by atoms with Crippen LogP contribution < -0.4 is 11.5 Å². The van der Waals surface area contributed by atoms with Gasteiger partial charge in [0.15, 0.2) is 0 Å². The molecule has 1 rings (SSSR count). The first kappa shape index (κ1) is 9.63. The van der Waals surface area contributed by atoms with Crippen molar-refractivity contribution in [3.63, 3.8) is 0 Å². The Hall–Kier alpha value is -2.46. The quantitative estimate of drug-likeness (QED) is 0.439. The van der Waals surface area contributed by atoms with E-state index in [-0.39, 0.29) is 0 Å².